The molecule has 4 aromatic carbocycles. The molecule has 0 spiro atoms. The molecule has 0 aliphatic heterocycles. The number of nitrogen functional groups attached to an aromatic ring is 2. The second-order valence-corrected chi connectivity index (χ2v) is 8.30. The van der Waals surface area contributed by atoms with Crippen molar-refractivity contribution in [2.24, 2.45) is 10.8 Å². The molecule has 170 valence electrons. The van der Waals surface area contributed by atoms with E-state index in [1.54, 1.807) is 6.07 Å². The Morgan fingerprint density at radius 1 is 0.971 bits per heavy atom. The van der Waals surface area contributed by atoms with Gasteiger partial charge in [-0.3, -0.25) is 10.4 Å². The first-order valence-corrected chi connectivity index (χ1v) is 11.3. The molecule has 0 bridgehead atoms. The van der Waals surface area contributed by atoms with E-state index in [0.29, 0.717) is 22.5 Å². The number of amidine groups is 1. The zero-order chi connectivity index (χ0) is 24.5. The highest BCUT2D eigenvalue weighted by Gasteiger charge is 2.19. The van der Waals surface area contributed by atoms with Crippen molar-refractivity contribution >= 4 is 38.9 Å². The highest BCUT2D eigenvalue weighted by molar-refractivity contribution is 6.19. The molecule has 0 aliphatic carbocycles. The van der Waals surface area contributed by atoms with Crippen molar-refractivity contribution in [1.82, 2.24) is 4.98 Å². The minimum Gasteiger partial charge on any atom is -0.398 e. The highest BCUT2D eigenvalue weighted by Crippen LogP contribution is 2.44. The van der Waals surface area contributed by atoms with Gasteiger partial charge in [0, 0.05) is 33.1 Å². The molecule has 0 saturated carbocycles. The number of nitrogens with one attached hydrogen (secondary N) is 1. The van der Waals surface area contributed by atoms with Crippen LogP contribution < -0.4 is 11.5 Å². The number of benzene rings is 4. The van der Waals surface area contributed by atoms with Gasteiger partial charge in [0.05, 0.1) is 11.2 Å². The normalized spacial score (nSPS) is 10.9. The maximum atomic E-state index is 9.30. The molecule has 1 aromatic heterocycles. The number of nitrogens with zero attached hydrogens (tertiary/aromatic N) is 4. The van der Waals surface area contributed by atoms with Crippen LogP contribution in [0.3, 0.4) is 0 Å². The molecule has 0 saturated heterocycles. The minimum absolute atomic E-state index is 0.00612. The maximum absolute atomic E-state index is 9.30. The highest BCUT2D eigenvalue weighted by atomic mass is 15.1. The average molecular weight is 458 g/mol. The Labute approximate surface area is 202 Å². The average Bonchev–Trinajstić information content (AvgIpc) is 2.89. The van der Waals surface area contributed by atoms with Gasteiger partial charge in [-0.1, -0.05) is 60.6 Å². The molecular formula is C28H23N7. The van der Waals surface area contributed by atoms with Crippen LogP contribution in [0.2, 0.25) is 0 Å². The van der Waals surface area contributed by atoms with Gasteiger partial charge < -0.3 is 11.5 Å². The number of aryl methyl sites for hydroxylation is 1. The van der Waals surface area contributed by atoms with E-state index in [1.807, 2.05) is 54.7 Å². The third-order valence-corrected chi connectivity index (χ3v) is 6.31. The van der Waals surface area contributed by atoms with Crippen LogP contribution in [0.1, 0.15) is 18.1 Å². The van der Waals surface area contributed by atoms with Gasteiger partial charge in [-0.15, -0.1) is 0 Å². The number of azide groups is 1. The zero-order valence-corrected chi connectivity index (χ0v) is 19.2. The largest absolute Gasteiger partial charge is 0.398 e. The quantitative estimate of drug-likeness (QED) is 0.0493. The van der Waals surface area contributed by atoms with Gasteiger partial charge in [0.25, 0.3) is 0 Å². The van der Waals surface area contributed by atoms with E-state index < -0.39 is 0 Å². The number of pyridine rings is 1. The summed E-state index contributed by atoms with van der Waals surface area (Å²) >= 11 is 0. The van der Waals surface area contributed by atoms with Crippen molar-refractivity contribution in [2.75, 3.05) is 5.73 Å². The van der Waals surface area contributed by atoms with Crippen molar-refractivity contribution in [2.45, 2.75) is 13.3 Å². The van der Waals surface area contributed by atoms with Gasteiger partial charge in [0.1, 0.15) is 5.84 Å². The first-order valence-electron chi connectivity index (χ1n) is 11.3. The molecule has 0 aliphatic rings. The van der Waals surface area contributed by atoms with Crippen LogP contribution in [0.15, 0.2) is 84.1 Å². The molecule has 0 fully saturated rings. The molecule has 35 heavy (non-hydrogen) atoms. The Morgan fingerprint density at radius 2 is 1.74 bits per heavy atom. The van der Waals surface area contributed by atoms with Crippen LogP contribution >= 0.6 is 0 Å². The minimum atomic E-state index is 0.00612. The summed E-state index contributed by atoms with van der Waals surface area (Å²) in [5.74, 6) is 0.00612. The van der Waals surface area contributed by atoms with Crippen LogP contribution in [0.25, 0.3) is 54.4 Å². The molecule has 7 nitrogen and oxygen atoms in total. The number of aromatic nitrogens is 1. The van der Waals surface area contributed by atoms with Crippen LogP contribution in [0.4, 0.5) is 11.4 Å². The van der Waals surface area contributed by atoms with Crippen LogP contribution in [-0.4, -0.2) is 10.8 Å². The molecule has 7 heteroatoms. The predicted octanol–water partition coefficient (Wildman–Crippen LogP) is 7.09. The number of nitrogens with two attached hydrogens (primary N) is 2. The number of hydrogen-bond donors (Lipinski definition) is 3. The fourth-order valence-electron chi connectivity index (χ4n) is 4.73. The number of anilines is 1. The molecule has 5 rings (SSSR count). The standard InChI is InChI=1S/C28H23N7/c1-2-19-20(16-7-4-3-5-8-16)14-21(17-9-6-10-18(13-17)28(30)31)22-15-33-24-12-11-23(29)27(34-35-32)26(24)25(19)22/h3-15H,2,29H2,1H3,(H3,30,31). The first-order chi connectivity index (χ1) is 17.0. The summed E-state index contributed by atoms with van der Waals surface area (Å²) in [5.41, 5.74) is 28.6. The van der Waals surface area contributed by atoms with Crippen LogP contribution in [0, 0.1) is 5.41 Å². The van der Waals surface area contributed by atoms with Crippen LogP contribution in [0.5, 0.6) is 0 Å². The van der Waals surface area contributed by atoms with Crippen molar-refractivity contribution in [3.8, 4) is 22.3 Å². The third-order valence-electron chi connectivity index (χ3n) is 6.31. The zero-order valence-electron chi connectivity index (χ0n) is 19.2. The summed E-state index contributed by atoms with van der Waals surface area (Å²) in [5, 5.41) is 14.5. The van der Waals surface area contributed by atoms with Gasteiger partial charge >= 0.3 is 0 Å². The fraction of sp³-hybridized carbons (Fsp3) is 0.0714. The number of fused-ring (bicyclic) bond motifs is 3. The van der Waals surface area contributed by atoms with Gasteiger partial charge in [-0.2, -0.15) is 0 Å². The van der Waals surface area contributed by atoms with E-state index in [-0.39, 0.29) is 5.84 Å². The fourth-order valence-corrected chi connectivity index (χ4v) is 4.73. The van der Waals surface area contributed by atoms with E-state index >= 15 is 0 Å². The van der Waals surface area contributed by atoms with Gasteiger partial charge in [0.2, 0.25) is 0 Å². The SMILES string of the molecule is CCc1c(-c2ccccc2)cc(-c2cccc(C(=N)N)c2)c2cnc3ccc(N)c(N=[N+]=[N-])c3c12. The van der Waals surface area contributed by atoms with Crippen molar-refractivity contribution in [1.29, 1.82) is 5.41 Å². The van der Waals surface area contributed by atoms with E-state index in [2.05, 4.69) is 35.1 Å². The Hall–Kier alpha value is -4.87. The van der Waals surface area contributed by atoms with Crippen molar-refractivity contribution in [3.63, 3.8) is 0 Å². The smallest absolute Gasteiger partial charge is 0.122 e. The molecule has 1 heterocycles. The lowest BCUT2D eigenvalue weighted by Crippen LogP contribution is -2.10. The Kier molecular flexibility index (Phi) is 5.53. The second-order valence-electron chi connectivity index (χ2n) is 8.30. The molecule has 5 N–H and O–H groups in total. The monoisotopic (exact) mass is 457 g/mol. The summed E-state index contributed by atoms with van der Waals surface area (Å²) in [6.07, 6.45) is 2.61. The molecule has 0 atom stereocenters. The topological polar surface area (TPSA) is 138 Å². The Bertz CT molecular complexity index is 1670. The van der Waals surface area contributed by atoms with E-state index in [9.17, 15) is 5.53 Å². The summed E-state index contributed by atoms with van der Waals surface area (Å²) in [7, 11) is 0. The van der Waals surface area contributed by atoms with E-state index in [1.165, 1.54) is 0 Å². The predicted molar refractivity (Wildman–Crippen MR) is 144 cm³/mol. The molecular weight excluding hydrogens is 434 g/mol. The lowest BCUT2D eigenvalue weighted by molar-refractivity contribution is 1.16. The van der Waals surface area contributed by atoms with Gasteiger partial charge in [-0.05, 0) is 69.4 Å². The van der Waals surface area contributed by atoms with E-state index in [0.717, 1.165) is 50.4 Å². The molecule has 0 amide bonds. The first kappa shape index (κ1) is 21.9. The summed E-state index contributed by atoms with van der Waals surface area (Å²) in [6, 6.07) is 23.6. The lowest BCUT2D eigenvalue weighted by atomic mass is 9.86. The van der Waals surface area contributed by atoms with Gasteiger partial charge in [0.15, 0.2) is 0 Å². The molecule has 5 aromatic rings. The van der Waals surface area contributed by atoms with Crippen LogP contribution in [-0.2, 0) is 6.42 Å². The summed E-state index contributed by atoms with van der Waals surface area (Å²) in [6.45, 7) is 2.11. The summed E-state index contributed by atoms with van der Waals surface area (Å²) < 4.78 is 0. The van der Waals surface area contributed by atoms with E-state index in [4.69, 9.17) is 21.9 Å². The third kappa shape index (κ3) is 3.70. The summed E-state index contributed by atoms with van der Waals surface area (Å²) in [4.78, 5) is 7.76. The molecule has 0 radical (unpaired) electrons. The molecule has 0 unspecified atom stereocenters. The van der Waals surface area contributed by atoms with Crippen molar-refractivity contribution in [3.05, 3.63) is 101 Å². The number of rotatable bonds is 5. The Morgan fingerprint density at radius 3 is 2.46 bits per heavy atom. The Balaban J connectivity index is 2.03. The van der Waals surface area contributed by atoms with Crippen molar-refractivity contribution < 1.29 is 0 Å². The number of hydrogen-bond acceptors (Lipinski definition) is 4. The lowest BCUT2D eigenvalue weighted by Gasteiger charge is -2.19. The second kappa shape index (κ2) is 8.82. The van der Waals surface area contributed by atoms with Gasteiger partial charge in [-0.25, -0.2) is 0 Å². The maximum Gasteiger partial charge on any atom is 0.122 e.